The van der Waals surface area contributed by atoms with Crippen LogP contribution in [-0.2, 0) is 33.4 Å². The van der Waals surface area contributed by atoms with Crippen LogP contribution >= 0.6 is 0 Å². The molecule has 5 N–H and O–H groups in total. The predicted molar refractivity (Wildman–Crippen MR) is 200 cm³/mol. The van der Waals surface area contributed by atoms with Gasteiger partial charge >= 0.3 is 5.97 Å². The zero-order chi connectivity index (χ0) is 39.5. The van der Waals surface area contributed by atoms with Gasteiger partial charge in [0.05, 0.1) is 12.0 Å². The maximum Gasteiger partial charge on any atom is 0.328 e. The average Bonchev–Trinajstić information content (AvgIpc) is 3.48. The summed E-state index contributed by atoms with van der Waals surface area (Å²) in [6.07, 6.45) is 11.5. The molecule has 3 rings (SSSR count). The summed E-state index contributed by atoms with van der Waals surface area (Å²) in [4.78, 5) is 69.1. The fraction of sp³-hybridized carbons (Fsp3) is 0.692. The van der Waals surface area contributed by atoms with E-state index >= 15 is 0 Å². The van der Waals surface area contributed by atoms with E-state index in [1.54, 1.807) is 18.2 Å². The molecule has 1 aromatic carbocycles. The van der Waals surface area contributed by atoms with Crippen molar-refractivity contribution in [2.24, 2.45) is 4.99 Å². The van der Waals surface area contributed by atoms with Crippen LogP contribution in [-0.4, -0.2) is 105 Å². The number of benzene rings is 1. The van der Waals surface area contributed by atoms with E-state index in [2.05, 4.69) is 22.5 Å². The van der Waals surface area contributed by atoms with Crippen LogP contribution in [0.4, 0.5) is 0 Å². The molecule has 4 atom stereocenters. The third kappa shape index (κ3) is 14.5. The number of rotatable bonds is 23. The van der Waals surface area contributed by atoms with Crippen molar-refractivity contribution in [1.82, 2.24) is 20.8 Å². The number of phenols is 1. The van der Waals surface area contributed by atoms with Crippen molar-refractivity contribution >= 4 is 35.5 Å². The topological polar surface area (TPSA) is 207 Å². The number of ether oxygens (including phenoxy) is 2. The number of nitrogens with zero attached hydrogens (tertiary/aromatic N) is 3. The highest BCUT2D eigenvalue weighted by Gasteiger charge is 2.42. The molecule has 1 aromatic rings. The number of esters is 1. The Morgan fingerprint density at radius 1 is 1.04 bits per heavy atom. The number of nitrogens with one attached hydrogen (secondary N) is 2. The van der Waals surface area contributed by atoms with Gasteiger partial charge in [-0.15, -0.1) is 0 Å². The molecule has 0 aromatic heterocycles. The molecule has 2 heterocycles. The highest BCUT2D eigenvalue weighted by molar-refractivity contribution is 6.02. The monoisotopic (exact) mass is 759 g/mol. The Bertz CT molecular complexity index is 1420. The van der Waals surface area contributed by atoms with Crippen molar-refractivity contribution in [3.8, 4) is 5.75 Å². The maximum atomic E-state index is 13.6. The van der Waals surface area contributed by atoms with Crippen molar-refractivity contribution in [2.45, 2.75) is 154 Å². The molecule has 0 radical (unpaired) electrons. The van der Waals surface area contributed by atoms with E-state index in [1.807, 2.05) is 0 Å². The molecular weight excluding hydrogens is 698 g/mol. The highest BCUT2D eigenvalue weighted by Crippen LogP contribution is 2.26. The van der Waals surface area contributed by atoms with Gasteiger partial charge in [-0.05, 0) is 70.9 Å². The molecule has 0 bridgehead atoms. The largest absolute Gasteiger partial charge is 0.507 e. The molecule has 0 aliphatic carbocycles. The number of unbranched alkanes of at least 4 members (excludes halogenated alkanes) is 9. The minimum atomic E-state index is -1.43. The zero-order valence-corrected chi connectivity index (χ0v) is 32.2. The zero-order valence-electron chi connectivity index (χ0n) is 32.2. The summed E-state index contributed by atoms with van der Waals surface area (Å²) in [5, 5.41) is 37.1. The van der Waals surface area contributed by atoms with Gasteiger partial charge in [-0.2, -0.15) is 0 Å². The summed E-state index contributed by atoms with van der Waals surface area (Å²) in [6, 6.07) is 4.36. The van der Waals surface area contributed by atoms with Gasteiger partial charge in [0.2, 0.25) is 17.7 Å². The Balaban J connectivity index is 1.55. The van der Waals surface area contributed by atoms with Crippen molar-refractivity contribution in [3.63, 3.8) is 0 Å². The Kier molecular flexibility index (Phi) is 18.7. The minimum absolute atomic E-state index is 0.0491. The lowest BCUT2D eigenvalue weighted by Gasteiger charge is -2.25. The molecule has 0 unspecified atom stereocenters. The van der Waals surface area contributed by atoms with Gasteiger partial charge in [-0.25, -0.2) is 19.9 Å². The van der Waals surface area contributed by atoms with Gasteiger partial charge < -0.3 is 25.2 Å². The molecule has 2 aliphatic rings. The van der Waals surface area contributed by atoms with Gasteiger partial charge in [0, 0.05) is 19.5 Å². The van der Waals surface area contributed by atoms with Gasteiger partial charge in [0.25, 0.3) is 11.8 Å². The molecule has 0 spiro atoms. The second kappa shape index (κ2) is 22.9. The summed E-state index contributed by atoms with van der Waals surface area (Å²) >= 11 is 0. The lowest BCUT2D eigenvalue weighted by atomic mass is 10.0. The fourth-order valence-corrected chi connectivity index (χ4v) is 6.41. The van der Waals surface area contributed by atoms with Crippen LogP contribution < -0.4 is 10.6 Å². The Morgan fingerprint density at radius 2 is 1.72 bits per heavy atom. The number of phenolic OH excluding ortho intramolecular Hbond substituents is 1. The summed E-state index contributed by atoms with van der Waals surface area (Å²) in [7, 11) is 0. The molecule has 1 fully saturated rings. The Labute approximate surface area is 318 Å². The van der Waals surface area contributed by atoms with E-state index in [9.17, 15) is 39.5 Å². The molecule has 15 nitrogen and oxygen atoms in total. The third-order valence-corrected chi connectivity index (χ3v) is 9.74. The summed E-state index contributed by atoms with van der Waals surface area (Å²) in [6.45, 7) is 5.34. The van der Waals surface area contributed by atoms with Crippen molar-refractivity contribution in [3.05, 3.63) is 29.8 Å². The van der Waals surface area contributed by atoms with Crippen LogP contribution in [0.5, 0.6) is 5.75 Å². The second-order valence-corrected chi connectivity index (χ2v) is 14.6. The van der Waals surface area contributed by atoms with Crippen molar-refractivity contribution < 1.29 is 49.0 Å². The van der Waals surface area contributed by atoms with E-state index < -0.39 is 47.4 Å². The lowest BCUT2D eigenvalue weighted by Crippen LogP contribution is -2.52. The van der Waals surface area contributed by atoms with E-state index in [-0.39, 0.29) is 56.5 Å². The summed E-state index contributed by atoms with van der Waals surface area (Å²) in [5.41, 5.74) is -1.12. The number of para-hydroxylation sites is 1. The third-order valence-electron chi connectivity index (χ3n) is 9.74. The number of amides is 4. The maximum absolute atomic E-state index is 13.6. The first-order valence-corrected chi connectivity index (χ1v) is 19.7. The molecule has 4 amide bonds. The second-order valence-electron chi connectivity index (χ2n) is 14.6. The predicted octanol–water partition coefficient (Wildman–Crippen LogP) is 4.93. The molecule has 302 valence electrons. The van der Waals surface area contributed by atoms with Crippen molar-refractivity contribution in [2.75, 3.05) is 19.7 Å². The van der Waals surface area contributed by atoms with Crippen LogP contribution in [0.25, 0.3) is 0 Å². The summed E-state index contributed by atoms with van der Waals surface area (Å²) in [5.74, 6) is -2.91. The number of hydrogen-bond donors (Lipinski definition) is 5. The van der Waals surface area contributed by atoms with E-state index in [0.717, 1.165) is 19.3 Å². The standard InChI is InChI=1S/C39H61N5O10/c1-4-5-6-7-8-9-10-11-12-23-34(47)43(51)24-17-16-21-31(41-38(50)39(3)27-53-35(42-39)29-19-13-14-22-32(29)45)37(49)54-28(2)26-33(46)40-30-20-15-18-25-44(52)36(30)48/h13-14,19,22,28,30-31,45,51-52H,4-12,15-18,20-21,23-27H2,1-3H3,(H,40,46)(H,41,50)/t28-,30-,31-,39-/m0/s1. The number of hydroxylamine groups is 4. The first kappa shape index (κ1) is 44.2. The minimum Gasteiger partial charge on any atom is -0.507 e. The quantitative estimate of drug-likeness (QED) is 0.0440. The van der Waals surface area contributed by atoms with E-state index in [4.69, 9.17) is 9.47 Å². The van der Waals surface area contributed by atoms with Gasteiger partial charge in [-0.3, -0.25) is 29.6 Å². The molecule has 1 saturated heterocycles. The van der Waals surface area contributed by atoms with Crippen LogP contribution in [0.1, 0.15) is 135 Å². The van der Waals surface area contributed by atoms with Crippen LogP contribution in [0.2, 0.25) is 0 Å². The lowest BCUT2D eigenvalue weighted by molar-refractivity contribution is -0.167. The smallest absolute Gasteiger partial charge is 0.328 e. The molecular formula is C39H61N5O10. The van der Waals surface area contributed by atoms with E-state index in [0.29, 0.717) is 54.2 Å². The average molecular weight is 760 g/mol. The van der Waals surface area contributed by atoms with Crippen LogP contribution in [0.15, 0.2) is 29.3 Å². The molecule has 0 saturated carbocycles. The normalized spacial score (nSPS) is 19.6. The molecule has 54 heavy (non-hydrogen) atoms. The number of carbonyl (C=O) groups is 5. The van der Waals surface area contributed by atoms with Gasteiger partial charge in [0.1, 0.15) is 30.5 Å². The highest BCUT2D eigenvalue weighted by atomic mass is 16.5. The first-order chi connectivity index (χ1) is 25.8. The Morgan fingerprint density at radius 3 is 2.43 bits per heavy atom. The van der Waals surface area contributed by atoms with E-state index in [1.165, 1.54) is 52.0 Å². The SMILES string of the molecule is CCCCCCCCCCCC(=O)N(O)CCCC[C@H](NC(=O)[C@]1(C)COC(c2ccccc2O)=N1)C(=O)O[C@@H](C)CC(=O)N[C@H]1CCCCN(O)C1=O. The van der Waals surface area contributed by atoms with Crippen LogP contribution in [0, 0.1) is 0 Å². The summed E-state index contributed by atoms with van der Waals surface area (Å²) < 4.78 is 11.3. The van der Waals surface area contributed by atoms with Gasteiger partial charge in [-0.1, -0.05) is 70.4 Å². The first-order valence-electron chi connectivity index (χ1n) is 19.7. The number of hydrogen-bond acceptors (Lipinski definition) is 11. The van der Waals surface area contributed by atoms with Crippen LogP contribution in [0.3, 0.4) is 0 Å². The molecule has 2 aliphatic heterocycles. The Hall–Kier alpha value is -4.24. The number of aromatic hydroxyl groups is 1. The number of aliphatic imine (C=N–C) groups is 1. The van der Waals surface area contributed by atoms with Crippen molar-refractivity contribution in [1.29, 1.82) is 0 Å². The number of carbonyl (C=O) groups excluding carboxylic acids is 5. The fourth-order valence-electron chi connectivity index (χ4n) is 6.41. The van der Waals surface area contributed by atoms with Gasteiger partial charge in [0.15, 0.2) is 5.54 Å². The molecule has 15 heteroatoms.